The van der Waals surface area contributed by atoms with Crippen LogP contribution >= 0.6 is 11.3 Å². The van der Waals surface area contributed by atoms with E-state index in [4.69, 9.17) is 14.2 Å². The standard InChI is InChI=1S/C28H28N4O7S/c1-4-39-27(34)24-17(2)29-28-31(25(24)18-5-8-21(37-3)9-6-18)26(33)23(40-28)16-19-15-20(32(35)36)7-10-22(19)30-11-13-38-14-12-30/h5-10,15-16,25H,4,11-14H2,1-3H3. The number of esters is 1. The first-order valence-electron chi connectivity index (χ1n) is 12.8. The third-order valence-corrected chi connectivity index (χ3v) is 7.79. The Labute approximate surface area is 233 Å². The van der Waals surface area contributed by atoms with Crippen molar-refractivity contribution in [1.82, 2.24) is 4.57 Å². The summed E-state index contributed by atoms with van der Waals surface area (Å²) in [7, 11) is 1.56. The minimum atomic E-state index is -0.771. The molecule has 40 heavy (non-hydrogen) atoms. The van der Waals surface area contributed by atoms with E-state index in [-0.39, 0.29) is 23.4 Å². The normalized spacial score (nSPS) is 17.3. The summed E-state index contributed by atoms with van der Waals surface area (Å²) in [5.41, 5.74) is 2.30. The smallest absolute Gasteiger partial charge is 0.338 e. The van der Waals surface area contributed by atoms with Crippen LogP contribution in [0.4, 0.5) is 11.4 Å². The second-order valence-corrected chi connectivity index (χ2v) is 10.2. The van der Waals surface area contributed by atoms with Crippen molar-refractivity contribution >= 4 is 34.8 Å². The van der Waals surface area contributed by atoms with E-state index >= 15 is 0 Å². The van der Waals surface area contributed by atoms with Gasteiger partial charge < -0.3 is 19.1 Å². The molecule has 0 aliphatic carbocycles. The molecule has 2 aliphatic heterocycles. The van der Waals surface area contributed by atoms with Crippen LogP contribution in [0.2, 0.25) is 0 Å². The summed E-state index contributed by atoms with van der Waals surface area (Å²) < 4.78 is 17.9. The number of rotatable bonds is 7. The maximum atomic E-state index is 14.0. The predicted molar refractivity (Wildman–Crippen MR) is 150 cm³/mol. The highest BCUT2D eigenvalue weighted by atomic mass is 32.1. The van der Waals surface area contributed by atoms with Gasteiger partial charge in [-0.2, -0.15) is 0 Å². The topological polar surface area (TPSA) is 126 Å². The van der Waals surface area contributed by atoms with Gasteiger partial charge in [0.1, 0.15) is 5.75 Å². The maximum absolute atomic E-state index is 14.0. The first-order chi connectivity index (χ1) is 19.3. The predicted octanol–water partition coefficient (Wildman–Crippen LogP) is 2.55. The van der Waals surface area contributed by atoms with Crippen LogP contribution in [0.5, 0.6) is 5.75 Å². The van der Waals surface area contributed by atoms with Crippen LogP contribution in [0.1, 0.15) is 31.0 Å². The highest BCUT2D eigenvalue weighted by molar-refractivity contribution is 7.07. The summed E-state index contributed by atoms with van der Waals surface area (Å²) in [4.78, 5) is 45.3. The lowest BCUT2D eigenvalue weighted by Gasteiger charge is -2.30. The number of ether oxygens (including phenoxy) is 3. The average Bonchev–Trinajstić information content (AvgIpc) is 3.26. The first-order valence-corrected chi connectivity index (χ1v) is 13.6. The lowest BCUT2D eigenvalue weighted by Crippen LogP contribution is -2.40. The van der Waals surface area contributed by atoms with E-state index in [9.17, 15) is 19.7 Å². The molecule has 12 heteroatoms. The van der Waals surface area contributed by atoms with Gasteiger partial charge in [-0.1, -0.05) is 23.5 Å². The number of hydrogen-bond donors (Lipinski definition) is 0. The van der Waals surface area contributed by atoms with Gasteiger partial charge in [0.15, 0.2) is 4.80 Å². The van der Waals surface area contributed by atoms with Gasteiger partial charge in [0.05, 0.1) is 53.7 Å². The van der Waals surface area contributed by atoms with E-state index in [2.05, 4.69) is 9.89 Å². The number of thiazole rings is 1. The summed E-state index contributed by atoms with van der Waals surface area (Å²) in [5, 5.41) is 11.6. The van der Waals surface area contributed by atoms with Crippen molar-refractivity contribution < 1.29 is 23.9 Å². The third-order valence-electron chi connectivity index (χ3n) is 6.81. The number of hydrogen-bond acceptors (Lipinski definition) is 10. The molecule has 2 aliphatic rings. The Kier molecular flexibility index (Phi) is 7.81. The van der Waals surface area contributed by atoms with Gasteiger partial charge in [0, 0.05) is 36.5 Å². The Bertz CT molecular complexity index is 1670. The van der Waals surface area contributed by atoms with Gasteiger partial charge in [-0.05, 0) is 43.7 Å². The number of non-ortho nitro benzene ring substituents is 1. The van der Waals surface area contributed by atoms with Crippen molar-refractivity contribution in [2.45, 2.75) is 19.9 Å². The van der Waals surface area contributed by atoms with Crippen LogP contribution < -0.4 is 24.5 Å². The van der Waals surface area contributed by atoms with Gasteiger partial charge >= 0.3 is 5.97 Å². The Morgan fingerprint density at radius 1 is 1.23 bits per heavy atom. The number of nitro benzene ring substituents is 1. The molecule has 1 unspecified atom stereocenters. The number of carbonyl (C=O) groups excluding carboxylic acids is 1. The molecule has 1 atom stereocenters. The van der Waals surface area contributed by atoms with Gasteiger partial charge in [0.2, 0.25) is 0 Å². The zero-order chi connectivity index (χ0) is 28.4. The molecule has 0 N–H and O–H groups in total. The molecular weight excluding hydrogens is 536 g/mol. The molecule has 11 nitrogen and oxygen atoms in total. The zero-order valence-electron chi connectivity index (χ0n) is 22.3. The molecule has 2 aromatic carbocycles. The molecule has 3 aromatic rings. The molecule has 5 rings (SSSR count). The molecule has 208 valence electrons. The molecule has 0 bridgehead atoms. The van der Waals surface area contributed by atoms with Crippen LogP contribution in [0, 0.1) is 10.1 Å². The zero-order valence-corrected chi connectivity index (χ0v) is 23.1. The van der Waals surface area contributed by atoms with E-state index in [1.54, 1.807) is 57.4 Å². The molecule has 0 radical (unpaired) electrons. The molecular formula is C28H28N4O7S. The monoisotopic (exact) mass is 564 g/mol. The third kappa shape index (κ3) is 5.15. The minimum absolute atomic E-state index is 0.0763. The number of carbonyl (C=O) groups is 1. The van der Waals surface area contributed by atoms with Crippen molar-refractivity contribution in [3.05, 3.63) is 94.7 Å². The van der Waals surface area contributed by atoms with Crippen molar-refractivity contribution in [2.75, 3.05) is 44.9 Å². The largest absolute Gasteiger partial charge is 0.497 e. The van der Waals surface area contributed by atoms with E-state index < -0.39 is 16.9 Å². The van der Waals surface area contributed by atoms with Crippen LogP contribution in [0.3, 0.4) is 0 Å². The van der Waals surface area contributed by atoms with Crippen LogP contribution in [-0.4, -0.2) is 55.5 Å². The number of nitrogens with zero attached hydrogens (tertiary/aromatic N) is 4. The Morgan fingerprint density at radius 2 is 1.95 bits per heavy atom. The number of nitro groups is 1. The SMILES string of the molecule is CCOC(=O)C1=C(C)N=c2sc(=Cc3cc([N+](=O)[O-])ccc3N3CCOCC3)c(=O)n2C1c1ccc(OC)cc1. The summed E-state index contributed by atoms with van der Waals surface area (Å²) in [6, 6.07) is 11.0. The fourth-order valence-corrected chi connectivity index (χ4v) is 5.94. The van der Waals surface area contributed by atoms with Gasteiger partial charge in [-0.15, -0.1) is 0 Å². The lowest BCUT2D eigenvalue weighted by atomic mass is 9.96. The van der Waals surface area contributed by atoms with E-state index in [1.165, 1.54) is 28.0 Å². The highest BCUT2D eigenvalue weighted by Crippen LogP contribution is 2.32. The Balaban J connectivity index is 1.70. The van der Waals surface area contributed by atoms with E-state index in [0.717, 1.165) is 5.69 Å². The van der Waals surface area contributed by atoms with Gasteiger partial charge in [0.25, 0.3) is 11.2 Å². The molecule has 3 heterocycles. The number of fused-ring (bicyclic) bond motifs is 1. The van der Waals surface area contributed by atoms with Crippen LogP contribution in [0.25, 0.3) is 6.08 Å². The van der Waals surface area contributed by atoms with E-state index in [1.807, 2.05) is 0 Å². The van der Waals surface area contributed by atoms with Gasteiger partial charge in [-0.25, -0.2) is 9.79 Å². The number of allylic oxidation sites excluding steroid dienone is 1. The maximum Gasteiger partial charge on any atom is 0.338 e. The number of aromatic nitrogens is 1. The number of benzene rings is 2. The number of morpholine rings is 1. The molecule has 0 saturated carbocycles. The average molecular weight is 565 g/mol. The summed E-state index contributed by atoms with van der Waals surface area (Å²) in [6.07, 6.45) is 1.66. The van der Waals surface area contributed by atoms with E-state index in [0.29, 0.717) is 58.2 Å². The fourth-order valence-electron chi connectivity index (χ4n) is 4.90. The van der Waals surface area contributed by atoms with Crippen molar-refractivity contribution in [3.63, 3.8) is 0 Å². The van der Waals surface area contributed by atoms with Crippen molar-refractivity contribution in [1.29, 1.82) is 0 Å². The van der Waals surface area contributed by atoms with Crippen molar-refractivity contribution in [3.8, 4) is 5.75 Å². The number of anilines is 1. The second kappa shape index (κ2) is 11.4. The molecule has 0 amide bonds. The molecule has 1 saturated heterocycles. The molecule has 0 spiro atoms. The van der Waals surface area contributed by atoms with Crippen LogP contribution in [0.15, 0.2) is 63.5 Å². The minimum Gasteiger partial charge on any atom is -0.497 e. The Hall–Kier alpha value is -4.29. The molecule has 1 fully saturated rings. The molecule has 1 aromatic heterocycles. The highest BCUT2D eigenvalue weighted by Gasteiger charge is 2.33. The first kappa shape index (κ1) is 27.3. The summed E-state index contributed by atoms with van der Waals surface area (Å²) in [6.45, 7) is 5.94. The van der Waals surface area contributed by atoms with Crippen LogP contribution in [-0.2, 0) is 14.3 Å². The number of methoxy groups -OCH3 is 1. The summed E-state index contributed by atoms with van der Waals surface area (Å²) in [5.74, 6) is 0.0861. The van der Waals surface area contributed by atoms with Gasteiger partial charge in [-0.3, -0.25) is 19.5 Å². The fraction of sp³-hybridized carbons (Fsp3) is 0.321. The second-order valence-electron chi connectivity index (χ2n) is 9.18. The quantitative estimate of drug-likeness (QED) is 0.244. The lowest BCUT2D eigenvalue weighted by molar-refractivity contribution is -0.384. The van der Waals surface area contributed by atoms with Crippen molar-refractivity contribution in [2.24, 2.45) is 4.99 Å². The Morgan fingerprint density at radius 3 is 2.60 bits per heavy atom. The summed E-state index contributed by atoms with van der Waals surface area (Å²) >= 11 is 1.17.